The number of aromatic nitrogens is 1. The van der Waals surface area contributed by atoms with Gasteiger partial charge in [-0.1, -0.05) is 0 Å². The van der Waals surface area contributed by atoms with Crippen molar-refractivity contribution in [3.05, 3.63) is 35.7 Å². The second-order valence-corrected chi connectivity index (χ2v) is 3.72. The van der Waals surface area contributed by atoms with E-state index in [0.29, 0.717) is 23.0 Å². The van der Waals surface area contributed by atoms with Crippen LogP contribution in [0.25, 0.3) is 11.5 Å². The number of rotatable bonds is 3. The largest absolute Gasteiger partial charge is 0.481 e. The van der Waals surface area contributed by atoms with E-state index in [1.165, 1.54) is 0 Å². The summed E-state index contributed by atoms with van der Waals surface area (Å²) in [6.07, 6.45) is -0.159. The van der Waals surface area contributed by atoms with Crippen molar-refractivity contribution < 1.29 is 14.3 Å². The molecule has 0 spiro atoms. The fourth-order valence-electron chi connectivity index (χ4n) is 1.48. The van der Waals surface area contributed by atoms with Gasteiger partial charge in [0.05, 0.1) is 5.69 Å². The molecule has 0 amide bonds. The first-order chi connectivity index (χ1) is 8.06. The second-order valence-electron chi connectivity index (χ2n) is 3.72. The molecule has 0 atom stereocenters. The average molecular weight is 232 g/mol. The number of aryl methyl sites for hydroxylation is 1. The molecule has 0 aliphatic rings. The summed E-state index contributed by atoms with van der Waals surface area (Å²) < 4.78 is 5.42. The Hall–Kier alpha value is -2.30. The van der Waals surface area contributed by atoms with Gasteiger partial charge in [-0.3, -0.25) is 4.79 Å². The van der Waals surface area contributed by atoms with Crippen molar-refractivity contribution in [2.24, 2.45) is 0 Å². The number of nitrogens with two attached hydrogens (primary N) is 1. The number of hydrogen-bond donors (Lipinski definition) is 2. The van der Waals surface area contributed by atoms with E-state index in [2.05, 4.69) is 4.98 Å². The van der Waals surface area contributed by atoms with Crippen molar-refractivity contribution >= 4 is 11.7 Å². The zero-order valence-electron chi connectivity index (χ0n) is 9.30. The maximum Gasteiger partial charge on any atom is 0.311 e. The number of nitrogens with zero attached hydrogens (tertiary/aromatic N) is 1. The van der Waals surface area contributed by atoms with E-state index in [1.54, 1.807) is 31.2 Å². The smallest absolute Gasteiger partial charge is 0.311 e. The average Bonchev–Trinajstić information content (AvgIpc) is 2.60. The van der Waals surface area contributed by atoms with Gasteiger partial charge in [0, 0.05) is 11.3 Å². The number of carboxylic acids is 1. The lowest BCUT2D eigenvalue weighted by Crippen LogP contribution is -1.99. The Labute approximate surface area is 97.9 Å². The van der Waals surface area contributed by atoms with Crippen molar-refractivity contribution in [2.75, 3.05) is 5.73 Å². The lowest BCUT2D eigenvalue weighted by Gasteiger charge is -1.96. The van der Waals surface area contributed by atoms with E-state index in [9.17, 15) is 4.79 Å². The molecule has 1 aromatic carbocycles. The minimum Gasteiger partial charge on any atom is -0.481 e. The first-order valence-corrected chi connectivity index (χ1v) is 5.10. The molecule has 0 unspecified atom stereocenters. The maximum absolute atomic E-state index is 10.6. The number of hydrogen-bond acceptors (Lipinski definition) is 4. The summed E-state index contributed by atoms with van der Waals surface area (Å²) in [4.78, 5) is 14.8. The number of nitrogen functional groups attached to an aromatic ring is 1. The van der Waals surface area contributed by atoms with E-state index in [1.807, 2.05) is 0 Å². The molecule has 0 fully saturated rings. The van der Waals surface area contributed by atoms with Crippen molar-refractivity contribution in [3.8, 4) is 11.5 Å². The minimum absolute atomic E-state index is 0.159. The van der Waals surface area contributed by atoms with E-state index in [0.717, 1.165) is 5.56 Å². The predicted octanol–water partition coefficient (Wildman–Crippen LogP) is 1.86. The maximum atomic E-state index is 10.6. The molecule has 0 saturated carbocycles. The van der Waals surface area contributed by atoms with Gasteiger partial charge < -0.3 is 15.3 Å². The van der Waals surface area contributed by atoms with Gasteiger partial charge in [-0.25, -0.2) is 4.98 Å². The number of carboxylic acid groups (broad SMARTS) is 1. The molecule has 2 aromatic rings. The predicted molar refractivity (Wildman–Crippen MR) is 62.4 cm³/mol. The fraction of sp³-hybridized carbons (Fsp3) is 0.167. The third-order valence-electron chi connectivity index (χ3n) is 2.36. The fourth-order valence-corrected chi connectivity index (χ4v) is 1.48. The molecule has 1 aromatic heterocycles. The Morgan fingerprint density at radius 2 is 2.06 bits per heavy atom. The van der Waals surface area contributed by atoms with Crippen LogP contribution >= 0.6 is 0 Å². The molecule has 5 nitrogen and oxygen atoms in total. The summed E-state index contributed by atoms with van der Waals surface area (Å²) in [6, 6.07) is 7.05. The Morgan fingerprint density at radius 3 is 2.65 bits per heavy atom. The quantitative estimate of drug-likeness (QED) is 0.788. The topological polar surface area (TPSA) is 89.4 Å². The minimum atomic E-state index is -0.937. The molecule has 3 N–H and O–H groups in total. The van der Waals surface area contributed by atoms with Crippen LogP contribution in [0.5, 0.6) is 0 Å². The summed E-state index contributed by atoms with van der Waals surface area (Å²) in [5.74, 6) is -0.142. The Bertz CT molecular complexity index is 543. The van der Waals surface area contributed by atoms with Crippen molar-refractivity contribution in [1.29, 1.82) is 0 Å². The summed E-state index contributed by atoms with van der Waals surface area (Å²) in [6.45, 7) is 1.72. The van der Waals surface area contributed by atoms with Gasteiger partial charge in [0.1, 0.15) is 12.2 Å². The number of benzene rings is 1. The monoisotopic (exact) mass is 232 g/mol. The highest BCUT2D eigenvalue weighted by Crippen LogP contribution is 2.22. The van der Waals surface area contributed by atoms with E-state index < -0.39 is 5.97 Å². The summed E-state index contributed by atoms with van der Waals surface area (Å²) >= 11 is 0. The van der Waals surface area contributed by atoms with Gasteiger partial charge in [-0.15, -0.1) is 0 Å². The van der Waals surface area contributed by atoms with E-state index >= 15 is 0 Å². The molecule has 17 heavy (non-hydrogen) atoms. The van der Waals surface area contributed by atoms with Gasteiger partial charge in [-0.2, -0.15) is 0 Å². The van der Waals surface area contributed by atoms with Crippen LogP contribution in [-0.2, 0) is 11.2 Å². The van der Waals surface area contributed by atoms with Gasteiger partial charge in [0.15, 0.2) is 0 Å². The lowest BCUT2D eigenvalue weighted by molar-refractivity contribution is -0.136. The summed E-state index contributed by atoms with van der Waals surface area (Å²) in [5.41, 5.74) is 7.61. The zero-order chi connectivity index (χ0) is 12.4. The lowest BCUT2D eigenvalue weighted by atomic mass is 10.2. The molecule has 0 aliphatic heterocycles. The van der Waals surface area contributed by atoms with Gasteiger partial charge in [0.2, 0.25) is 5.89 Å². The number of aliphatic carboxylic acids is 1. The Balaban J connectivity index is 2.34. The van der Waals surface area contributed by atoms with Crippen LogP contribution in [0, 0.1) is 6.92 Å². The third-order valence-corrected chi connectivity index (χ3v) is 2.36. The van der Waals surface area contributed by atoms with Gasteiger partial charge >= 0.3 is 5.97 Å². The molecule has 0 bridgehead atoms. The molecule has 5 heteroatoms. The van der Waals surface area contributed by atoms with Crippen LogP contribution in [0.4, 0.5) is 5.69 Å². The van der Waals surface area contributed by atoms with Crippen LogP contribution in [0.15, 0.2) is 28.7 Å². The third kappa shape index (κ3) is 2.44. The highest BCUT2D eigenvalue weighted by atomic mass is 16.4. The SMILES string of the molecule is Cc1nc(-c2ccc(N)cc2)oc1CC(=O)O. The van der Waals surface area contributed by atoms with Crippen LogP contribution in [0.1, 0.15) is 11.5 Å². The normalized spacial score (nSPS) is 10.4. The summed E-state index contributed by atoms with van der Waals surface area (Å²) in [7, 11) is 0. The first-order valence-electron chi connectivity index (χ1n) is 5.10. The highest BCUT2D eigenvalue weighted by molar-refractivity contribution is 5.70. The highest BCUT2D eigenvalue weighted by Gasteiger charge is 2.13. The molecule has 88 valence electrons. The van der Waals surface area contributed by atoms with Crippen molar-refractivity contribution in [1.82, 2.24) is 4.98 Å². The first kappa shape index (κ1) is 11.2. The van der Waals surface area contributed by atoms with Crippen LogP contribution in [-0.4, -0.2) is 16.1 Å². The number of oxazole rings is 1. The second kappa shape index (κ2) is 4.29. The van der Waals surface area contributed by atoms with E-state index in [-0.39, 0.29) is 6.42 Å². The molecular formula is C12H12N2O3. The van der Waals surface area contributed by atoms with Crippen molar-refractivity contribution in [3.63, 3.8) is 0 Å². The number of carbonyl (C=O) groups is 1. The van der Waals surface area contributed by atoms with Gasteiger partial charge in [-0.05, 0) is 31.2 Å². The van der Waals surface area contributed by atoms with Crippen LogP contribution in [0.2, 0.25) is 0 Å². The molecule has 0 radical (unpaired) electrons. The van der Waals surface area contributed by atoms with Gasteiger partial charge in [0.25, 0.3) is 0 Å². The zero-order valence-corrected chi connectivity index (χ0v) is 9.30. The Morgan fingerprint density at radius 1 is 1.41 bits per heavy atom. The van der Waals surface area contributed by atoms with Crippen molar-refractivity contribution in [2.45, 2.75) is 13.3 Å². The van der Waals surface area contributed by atoms with Crippen LogP contribution in [0.3, 0.4) is 0 Å². The summed E-state index contributed by atoms with van der Waals surface area (Å²) in [5, 5.41) is 8.70. The van der Waals surface area contributed by atoms with E-state index in [4.69, 9.17) is 15.3 Å². The standard InChI is InChI=1S/C12H12N2O3/c1-7-10(6-11(15)16)17-12(14-7)8-2-4-9(13)5-3-8/h2-5H,6,13H2,1H3,(H,15,16). The molecule has 2 rings (SSSR count). The molecule has 0 aliphatic carbocycles. The molecular weight excluding hydrogens is 220 g/mol. The Kier molecular flexibility index (Phi) is 2.82. The van der Waals surface area contributed by atoms with Crippen LogP contribution < -0.4 is 5.73 Å². The molecule has 1 heterocycles. The number of anilines is 1. The molecule has 0 saturated heterocycles.